The van der Waals surface area contributed by atoms with Crippen molar-refractivity contribution in [3.05, 3.63) is 42.1 Å². The van der Waals surface area contributed by atoms with Gasteiger partial charge in [-0.1, -0.05) is 0 Å². The molecule has 3 amide bonds. The quantitative estimate of drug-likeness (QED) is 0.475. The molecule has 37 heavy (non-hydrogen) atoms. The number of imide groups is 1. The molecule has 1 aromatic carbocycles. The summed E-state index contributed by atoms with van der Waals surface area (Å²) in [5.41, 5.74) is 1.54. The van der Waals surface area contributed by atoms with Gasteiger partial charge in [0, 0.05) is 56.0 Å². The molecule has 12 heteroatoms. The van der Waals surface area contributed by atoms with E-state index in [0.29, 0.717) is 17.9 Å². The van der Waals surface area contributed by atoms with Gasteiger partial charge in [-0.05, 0) is 38.9 Å². The number of halogens is 1. The summed E-state index contributed by atoms with van der Waals surface area (Å²) < 4.78 is 28.2. The van der Waals surface area contributed by atoms with Crippen LogP contribution in [0.2, 0.25) is 0 Å². The van der Waals surface area contributed by atoms with E-state index >= 15 is 0 Å². The first-order chi connectivity index (χ1) is 17.9. The van der Waals surface area contributed by atoms with E-state index in [1.165, 1.54) is 18.5 Å². The molecule has 11 nitrogen and oxygen atoms in total. The van der Waals surface area contributed by atoms with Crippen molar-refractivity contribution in [1.82, 2.24) is 29.7 Å². The Labute approximate surface area is 213 Å². The van der Waals surface area contributed by atoms with Crippen LogP contribution in [0.4, 0.5) is 14.9 Å². The van der Waals surface area contributed by atoms with Gasteiger partial charge in [0.15, 0.2) is 11.6 Å². The van der Waals surface area contributed by atoms with Crippen molar-refractivity contribution >= 4 is 23.1 Å². The number of amides is 3. The van der Waals surface area contributed by atoms with Gasteiger partial charge in [0.2, 0.25) is 11.8 Å². The SMILES string of the molecule is Cc1c(OCCN2CCN(C)CC2)cn2ncnc(Oc3ccc(NC(=O)NC(=O)C4CC4)cc3F)c12. The van der Waals surface area contributed by atoms with Gasteiger partial charge in [-0.15, -0.1) is 0 Å². The van der Waals surface area contributed by atoms with Crippen molar-refractivity contribution in [3.8, 4) is 17.4 Å². The standard InChI is InChI=1S/C25H30FN7O4/c1-16-21(36-12-11-32-9-7-31(2)8-10-32)14-33-22(16)24(27-15-28-33)37-20-6-5-18(13-19(20)26)29-25(35)30-23(34)17-3-4-17/h5-6,13-15,17H,3-4,7-12H2,1-2H3,(H2,29,30,34,35). The van der Waals surface area contributed by atoms with E-state index in [2.05, 4.69) is 37.6 Å². The van der Waals surface area contributed by atoms with Crippen LogP contribution in [0.15, 0.2) is 30.7 Å². The largest absolute Gasteiger partial charge is 0.490 e. The molecule has 1 saturated carbocycles. The number of piperazine rings is 1. The fourth-order valence-electron chi connectivity index (χ4n) is 4.17. The third kappa shape index (κ3) is 5.97. The maximum atomic E-state index is 14.8. The van der Waals surface area contributed by atoms with Crippen molar-refractivity contribution in [2.24, 2.45) is 5.92 Å². The molecule has 196 valence electrons. The Morgan fingerprint density at radius 1 is 1.16 bits per heavy atom. The third-order valence-corrected chi connectivity index (χ3v) is 6.59. The molecule has 0 unspecified atom stereocenters. The van der Waals surface area contributed by atoms with Crippen molar-refractivity contribution in [3.63, 3.8) is 0 Å². The van der Waals surface area contributed by atoms with Crippen molar-refractivity contribution in [2.75, 3.05) is 51.7 Å². The number of carbonyl (C=O) groups excluding carboxylic acids is 2. The maximum absolute atomic E-state index is 14.8. The average Bonchev–Trinajstić information content (AvgIpc) is 3.67. The topological polar surface area (TPSA) is 113 Å². The van der Waals surface area contributed by atoms with Crippen LogP contribution in [0, 0.1) is 18.7 Å². The first kappa shape index (κ1) is 24.9. The summed E-state index contributed by atoms with van der Waals surface area (Å²) in [6.45, 7) is 7.37. The number of hydrogen-bond donors (Lipinski definition) is 2. The lowest BCUT2D eigenvalue weighted by Gasteiger charge is -2.32. The highest BCUT2D eigenvalue weighted by molar-refractivity contribution is 6.02. The number of ether oxygens (including phenoxy) is 2. The van der Waals surface area contributed by atoms with Crippen molar-refractivity contribution < 1.29 is 23.5 Å². The number of fused-ring (bicyclic) bond motifs is 1. The summed E-state index contributed by atoms with van der Waals surface area (Å²) in [5.74, 6) is -0.367. The number of rotatable bonds is 8. The molecule has 0 spiro atoms. The third-order valence-electron chi connectivity index (χ3n) is 6.59. The van der Waals surface area contributed by atoms with E-state index in [1.54, 1.807) is 10.7 Å². The minimum Gasteiger partial charge on any atom is -0.490 e. The van der Waals surface area contributed by atoms with E-state index < -0.39 is 11.8 Å². The maximum Gasteiger partial charge on any atom is 0.325 e. The van der Waals surface area contributed by atoms with Crippen LogP contribution < -0.4 is 20.1 Å². The zero-order valence-electron chi connectivity index (χ0n) is 20.9. The molecule has 3 aromatic rings. The molecule has 1 aliphatic heterocycles. The predicted molar refractivity (Wildman–Crippen MR) is 134 cm³/mol. The minimum atomic E-state index is -0.702. The number of carbonyl (C=O) groups is 2. The molecular weight excluding hydrogens is 481 g/mol. The fourth-order valence-corrected chi connectivity index (χ4v) is 4.17. The second kappa shape index (κ2) is 10.7. The Hall–Kier alpha value is -3.77. The Morgan fingerprint density at radius 2 is 1.95 bits per heavy atom. The van der Waals surface area contributed by atoms with Gasteiger partial charge < -0.3 is 19.7 Å². The zero-order chi connectivity index (χ0) is 25.9. The lowest BCUT2D eigenvalue weighted by Crippen LogP contribution is -2.45. The lowest BCUT2D eigenvalue weighted by molar-refractivity contribution is -0.121. The average molecular weight is 512 g/mol. The van der Waals surface area contributed by atoms with Gasteiger partial charge >= 0.3 is 6.03 Å². The summed E-state index contributed by atoms with van der Waals surface area (Å²) in [7, 11) is 2.13. The van der Waals surface area contributed by atoms with E-state index in [1.807, 2.05) is 6.92 Å². The molecule has 2 fully saturated rings. The number of anilines is 1. The Kier molecular flexibility index (Phi) is 7.19. The normalized spacial score (nSPS) is 16.5. The van der Waals surface area contributed by atoms with Gasteiger partial charge in [-0.3, -0.25) is 15.0 Å². The number of aromatic nitrogens is 3. The van der Waals surface area contributed by atoms with E-state index in [9.17, 15) is 14.0 Å². The van der Waals surface area contributed by atoms with Crippen LogP contribution in [0.5, 0.6) is 17.4 Å². The van der Waals surface area contributed by atoms with Gasteiger partial charge in [-0.2, -0.15) is 10.1 Å². The number of nitrogens with zero attached hydrogens (tertiary/aromatic N) is 5. The molecule has 2 aliphatic rings. The molecular formula is C25H30FN7O4. The van der Waals surface area contributed by atoms with Gasteiger partial charge in [0.05, 0.1) is 6.20 Å². The van der Waals surface area contributed by atoms with Crippen LogP contribution >= 0.6 is 0 Å². The molecule has 1 saturated heterocycles. The lowest BCUT2D eigenvalue weighted by atomic mass is 10.2. The zero-order valence-corrected chi connectivity index (χ0v) is 20.9. The summed E-state index contributed by atoms with van der Waals surface area (Å²) in [6.07, 6.45) is 4.64. The van der Waals surface area contributed by atoms with Gasteiger partial charge in [0.25, 0.3) is 0 Å². The van der Waals surface area contributed by atoms with Crippen LogP contribution in [-0.4, -0.2) is 82.7 Å². The van der Waals surface area contributed by atoms with Crippen molar-refractivity contribution in [2.45, 2.75) is 19.8 Å². The van der Waals surface area contributed by atoms with Crippen LogP contribution in [0.3, 0.4) is 0 Å². The first-order valence-electron chi connectivity index (χ1n) is 12.3. The monoisotopic (exact) mass is 511 g/mol. The smallest absolute Gasteiger partial charge is 0.325 e. The van der Waals surface area contributed by atoms with Crippen LogP contribution in [-0.2, 0) is 4.79 Å². The first-order valence-corrected chi connectivity index (χ1v) is 12.3. The number of hydrogen-bond acceptors (Lipinski definition) is 8. The summed E-state index contributed by atoms with van der Waals surface area (Å²) in [5, 5.41) is 8.94. The molecule has 1 aliphatic carbocycles. The highest BCUT2D eigenvalue weighted by atomic mass is 19.1. The second-order valence-corrected chi connectivity index (χ2v) is 9.44. The molecule has 2 N–H and O–H groups in total. The number of benzene rings is 1. The molecule has 2 aromatic heterocycles. The van der Waals surface area contributed by atoms with Crippen LogP contribution in [0.25, 0.3) is 5.52 Å². The number of urea groups is 1. The summed E-state index contributed by atoms with van der Waals surface area (Å²) >= 11 is 0. The molecule has 0 atom stereocenters. The molecule has 0 bridgehead atoms. The number of likely N-dealkylation sites (N-methyl/N-ethyl adjacent to an activating group) is 1. The number of nitrogens with one attached hydrogen (secondary N) is 2. The fraction of sp³-hybridized carbons (Fsp3) is 0.440. The Bertz CT molecular complexity index is 1300. The highest BCUT2D eigenvalue weighted by Gasteiger charge is 2.30. The van der Waals surface area contributed by atoms with Gasteiger partial charge in [0.1, 0.15) is 24.2 Å². The Balaban J connectivity index is 1.23. The summed E-state index contributed by atoms with van der Waals surface area (Å²) in [4.78, 5) is 32.6. The molecule has 0 radical (unpaired) electrons. The van der Waals surface area contributed by atoms with Gasteiger partial charge in [-0.25, -0.2) is 13.7 Å². The van der Waals surface area contributed by atoms with E-state index in [4.69, 9.17) is 9.47 Å². The molecule has 5 rings (SSSR count). The second-order valence-electron chi connectivity index (χ2n) is 9.44. The van der Waals surface area contributed by atoms with Crippen LogP contribution in [0.1, 0.15) is 18.4 Å². The Morgan fingerprint density at radius 3 is 2.68 bits per heavy atom. The molecule has 3 heterocycles. The number of aryl methyl sites for hydroxylation is 1. The van der Waals surface area contributed by atoms with E-state index in [-0.39, 0.29) is 29.1 Å². The van der Waals surface area contributed by atoms with E-state index in [0.717, 1.165) is 57.2 Å². The van der Waals surface area contributed by atoms with Crippen molar-refractivity contribution in [1.29, 1.82) is 0 Å². The minimum absolute atomic E-state index is 0.0706. The highest BCUT2D eigenvalue weighted by Crippen LogP contribution is 2.33. The predicted octanol–water partition coefficient (Wildman–Crippen LogP) is 2.65. The summed E-state index contributed by atoms with van der Waals surface area (Å²) in [6, 6.07) is 3.28.